The van der Waals surface area contributed by atoms with Crippen molar-refractivity contribution in [3.63, 3.8) is 0 Å². The molecule has 3 heterocycles. The van der Waals surface area contributed by atoms with Gasteiger partial charge in [-0.2, -0.15) is 0 Å². The van der Waals surface area contributed by atoms with Gasteiger partial charge >= 0.3 is 0 Å². The Morgan fingerprint density at radius 1 is 1.23 bits per heavy atom. The van der Waals surface area contributed by atoms with Crippen molar-refractivity contribution in [3.8, 4) is 11.5 Å². The Balaban J connectivity index is 1.52. The molecule has 1 aromatic heterocycles. The van der Waals surface area contributed by atoms with Gasteiger partial charge in [-0.15, -0.1) is 6.58 Å². The summed E-state index contributed by atoms with van der Waals surface area (Å²) in [6, 6.07) is 5.31. The highest BCUT2D eigenvalue weighted by Gasteiger charge is 2.24. The van der Waals surface area contributed by atoms with Gasteiger partial charge in [0.2, 0.25) is 6.79 Å². The van der Waals surface area contributed by atoms with Crippen LogP contribution in [0.25, 0.3) is 0 Å². The summed E-state index contributed by atoms with van der Waals surface area (Å²) in [6.07, 6.45) is 4.78. The summed E-state index contributed by atoms with van der Waals surface area (Å²) in [5, 5.41) is 3.25. The second-order valence-electron chi connectivity index (χ2n) is 6.18. The fourth-order valence-electron chi connectivity index (χ4n) is 3.26. The zero-order valence-electron chi connectivity index (χ0n) is 14.4. The molecule has 0 bridgehead atoms. The lowest BCUT2D eigenvalue weighted by Crippen LogP contribution is -2.33. The number of fused-ring (bicyclic) bond motifs is 2. The van der Waals surface area contributed by atoms with Crippen LogP contribution in [0.5, 0.6) is 11.5 Å². The number of anilines is 1. The minimum Gasteiger partial charge on any atom is -0.454 e. The maximum absolute atomic E-state index is 12.9. The number of amides is 1. The van der Waals surface area contributed by atoms with Crippen LogP contribution in [0.4, 0.5) is 5.82 Å². The van der Waals surface area contributed by atoms with E-state index in [-0.39, 0.29) is 12.7 Å². The van der Waals surface area contributed by atoms with Gasteiger partial charge in [0, 0.05) is 37.2 Å². The van der Waals surface area contributed by atoms with E-state index in [1.165, 1.54) is 0 Å². The van der Waals surface area contributed by atoms with Crippen LogP contribution in [0.15, 0.2) is 37.2 Å². The average Bonchev–Trinajstić information content (AvgIpc) is 3.03. The van der Waals surface area contributed by atoms with Crippen molar-refractivity contribution in [3.05, 3.63) is 54.0 Å². The first kappa shape index (κ1) is 16.4. The lowest BCUT2D eigenvalue weighted by molar-refractivity contribution is 0.0762. The normalized spacial score (nSPS) is 15.2. The predicted molar refractivity (Wildman–Crippen MR) is 96.6 cm³/mol. The van der Waals surface area contributed by atoms with E-state index < -0.39 is 0 Å². The number of hydrogen-bond donors (Lipinski definition) is 1. The van der Waals surface area contributed by atoms with Gasteiger partial charge in [0.25, 0.3) is 5.91 Å². The molecule has 0 atom stereocenters. The third-order valence-electron chi connectivity index (χ3n) is 4.61. The van der Waals surface area contributed by atoms with E-state index in [9.17, 15) is 4.79 Å². The third-order valence-corrected chi connectivity index (χ3v) is 4.61. The SMILES string of the molecule is C=CCNc1ncnc2c1CCN(C(=O)c1ccc3c(c1)OCO3)CC2. The van der Waals surface area contributed by atoms with E-state index in [4.69, 9.17) is 9.47 Å². The molecule has 0 aliphatic carbocycles. The highest BCUT2D eigenvalue weighted by atomic mass is 16.7. The Morgan fingerprint density at radius 2 is 2.08 bits per heavy atom. The van der Waals surface area contributed by atoms with Crippen molar-refractivity contribution in [1.82, 2.24) is 14.9 Å². The summed E-state index contributed by atoms with van der Waals surface area (Å²) in [5.41, 5.74) is 2.68. The number of nitrogens with one attached hydrogen (secondary N) is 1. The summed E-state index contributed by atoms with van der Waals surface area (Å²) in [7, 11) is 0. The summed E-state index contributed by atoms with van der Waals surface area (Å²) in [6.45, 7) is 5.81. The number of carbonyl (C=O) groups is 1. The Morgan fingerprint density at radius 3 is 2.96 bits per heavy atom. The lowest BCUT2D eigenvalue weighted by atomic mass is 10.1. The second-order valence-corrected chi connectivity index (χ2v) is 6.18. The van der Waals surface area contributed by atoms with Gasteiger partial charge in [0.05, 0.1) is 5.69 Å². The van der Waals surface area contributed by atoms with Gasteiger partial charge in [-0.3, -0.25) is 4.79 Å². The maximum Gasteiger partial charge on any atom is 0.254 e. The molecule has 7 heteroatoms. The molecular formula is C19H20N4O3. The number of rotatable bonds is 4. The Bertz CT molecular complexity index is 853. The number of nitrogens with zero attached hydrogens (tertiary/aromatic N) is 3. The van der Waals surface area contributed by atoms with Crippen molar-refractivity contribution < 1.29 is 14.3 Å². The van der Waals surface area contributed by atoms with Crippen LogP contribution in [0.3, 0.4) is 0 Å². The highest BCUT2D eigenvalue weighted by molar-refractivity contribution is 5.95. The zero-order chi connectivity index (χ0) is 17.9. The molecule has 0 spiro atoms. The minimum absolute atomic E-state index is 0.00957. The maximum atomic E-state index is 12.9. The molecule has 134 valence electrons. The minimum atomic E-state index is -0.00957. The van der Waals surface area contributed by atoms with Gasteiger partial charge < -0.3 is 19.7 Å². The Labute approximate surface area is 151 Å². The van der Waals surface area contributed by atoms with Crippen molar-refractivity contribution >= 4 is 11.7 Å². The summed E-state index contributed by atoms with van der Waals surface area (Å²) < 4.78 is 10.7. The van der Waals surface area contributed by atoms with Crippen LogP contribution in [-0.2, 0) is 12.8 Å². The van der Waals surface area contributed by atoms with Gasteiger partial charge in [0.15, 0.2) is 11.5 Å². The molecule has 2 aliphatic heterocycles. The standard InChI is InChI=1S/C19H20N4O3/c1-2-7-20-18-14-5-8-23(9-6-15(14)21-11-22-18)19(24)13-3-4-16-17(10-13)26-12-25-16/h2-4,10-11H,1,5-9,12H2,(H,20,21,22). The third kappa shape index (κ3) is 3.08. The van der Waals surface area contributed by atoms with Crippen molar-refractivity contribution in [1.29, 1.82) is 0 Å². The van der Waals surface area contributed by atoms with Crippen LogP contribution in [0.1, 0.15) is 21.6 Å². The second kappa shape index (κ2) is 7.03. The molecule has 1 N–H and O–H groups in total. The smallest absolute Gasteiger partial charge is 0.254 e. The molecule has 2 aliphatic rings. The molecule has 0 fully saturated rings. The van der Waals surface area contributed by atoms with Gasteiger partial charge in [-0.05, 0) is 24.6 Å². The summed E-state index contributed by atoms with van der Waals surface area (Å²) >= 11 is 0. The van der Waals surface area contributed by atoms with Crippen LogP contribution in [0, 0.1) is 0 Å². The first-order chi connectivity index (χ1) is 12.8. The molecular weight excluding hydrogens is 332 g/mol. The molecule has 0 unspecified atom stereocenters. The van der Waals surface area contributed by atoms with Crippen LogP contribution in [-0.4, -0.2) is 47.2 Å². The first-order valence-electron chi connectivity index (χ1n) is 8.62. The van der Waals surface area contributed by atoms with E-state index in [0.717, 1.165) is 17.1 Å². The summed E-state index contributed by atoms with van der Waals surface area (Å²) in [5.74, 6) is 2.12. The van der Waals surface area contributed by atoms with E-state index in [2.05, 4.69) is 21.9 Å². The number of ether oxygens (including phenoxy) is 2. The molecule has 7 nitrogen and oxygen atoms in total. The molecule has 4 rings (SSSR count). The highest BCUT2D eigenvalue weighted by Crippen LogP contribution is 2.33. The van der Waals surface area contributed by atoms with Crippen molar-refractivity contribution in [2.75, 3.05) is 31.7 Å². The molecule has 1 aromatic carbocycles. The van der Waals surface area contributed by atoms with Crippen LogP contribution >= 0.6 is 0 Å². The van der Waals surface area contributed by atoms with Gasteiger partial charge in [-0.25, -0.2) is 9.97 Å². The van der Waals surface area contributed by atoms with Gasteiger partial charge in [-0.1, -0.05) is 6.08 Å². The fraction of sp³-hybridized carbons (Fsp3) is 0.316. The molecule has 0 saturated carbocycles. The lowest BCUT2D eigenvalue weighted by Gasteiger charge is -2.20. The summed E-state index contributed by atoms with van der Waals surface area (Å²) in [4.78, 5) is 23.5. The van der Waals surface area contributed by atoms with E-state index in [0.29, 0.717) is 49.5 Å². The molecule has 26 heavy (non-hydrogen) atoms. The number of aromatic nitrogens is 2. The molecule has 2 aromatic rings. The van der Waals surface area contributed by atoms with Gasteiger partial charge in [0.1, 0.15) is 12.1 Å². The Kier molecular flexibility index (Phi) is 4.43. The predicted octanol–water partition coefficient (Wildman–Crippen LogP) is 2.04. The topological polar surface area (TPSA) is 76.6 Å². The monoisotopic (exact) mass is 352 g/mol. The fourth-order valence-corrected chi connectivity index (χ4v) is 3.26. The molecule has 0 saturated heterocycles. The number of benzene rings is 1. The average molecular weight is 352 g/mol. The van der Waals surface area contributed by atoms with Crippen molar-refractivity contribution in [2.45, 2.75) is 12.8 Å². The molecule has 0 radical (unpaired) electrons. The van der Waals surface area contributed by atoms with Crippen molar-refractivity contribution in [2.24, 2.45) is 0 Å². The van der Waals surface area contributed by atoms with Crippen LogP contribution < -0.4 is 14.8 Å². The van der Waals surface area contributed by atoms with E-state index >= 15 is 0 Å². The largest absolute Gasteiger partial charge is 0.454 e. The Hall–Kier alpha value is -3.09. The van der Waals surface area contributed by atoms with E-state index in [1.54, 1.807) is 30.6 Å². The van der Waals surface area contributed by atoms with E-state index in [1.807, 2.05) is 4.90 Å². The number of hydrogen-bond acceptors (Lipinski definition) is 6. The molecule has 1 amide bonds. The number of carbonyl (C=O) groups excluding carboxylic acids is 1. The van der Waals surface area contributed by atoms with Crippen LogP contribution in [0.2, 0.25) is 0 Å². The first-order valence-corrected chi connectivity index (χ1v) is 8.62. The zero-order valence-corrected chi connectivity index (χ0v) is 14.4. The quantitative estimate of drug-likeness (QED) is 0.849.